The first kappa shape index (κ1) is 10.9. The molecule has 3 N–H and O–H groups in total. The Labute approximate surface area is 95.2 Å². The monoisotopic (exact) mass is 222 g/mol. The van der Waals surface area contributed by atoms with E-state index < -0.39 is 0 Å². The summed E-state index contributed by atoms with van der Waals surface area (Å²) in [6.45, 7) is 0. The summed E-state index contributed by atoms with van der Waals surface area (Å²) in [6.07, 6.45) is 8.45. The van der Waals surface area contributed by atoms with Crippen LogP contribution in [-0.4, -0.2) is 6.04 Å². The van der Waals surface area contributed by atoms with Crippen molar-refractivity contribution in [1.82, 2.24) is 5.43 Å². The second kappa shape index (κ2) is 5.45. The molecule has 1 unspecified atom stereocenters. The highest BCUT2D eigenvalue weighted by Crippen LogP contribution is 2.22. The van der Waals surface area contributed by atoms with Gasteiger partial charge in [-0.2, -0.15) is 11.3 Å². The quantitative estimate of drug-likeness (QED) is 0.467. The molecule has 1 aromatic rings. The van der Waals surface area contributed by atoms with Crippen LogP contribution in [0.4, 0.5) is 0 Å². The molecule has 82 valence electrons. The topological polar surface area (TPSA) is 38.0 Å². The lowest BCUT2D eigenvalue weighted by molar-refractivity contribution is 0.543. The van der Waals surface area contributed by atoms with Crippen molar-refractivity contribution < 1.29 is 0 Å². The van der Waals surface area contributed by atoms with Gasteiger partial charge in [0.2, 0.25) is 0 Å². The van der Waals surface area contributed by atoms with Gasteiger partial charge in [-0.25, -0.2) is 0 Å². The molecule has 1 aromatic heterocycles. The second-order valence-corrected chi connectivity index (χ2v) is 4.86. The van der Waals surface area contributed by atoms with Crippen LogP contribution in [0.3, 0.4) is 0 Å². The van der Waals surface area contributed by atoms with Gasteiger partial charge in [-0.3, -0.25) is 11.3 Å². The van der Waals surface area contributed by atoms with Gasteiger partial charge in [0.05, 0.1) is 0 Å². The van der Waals surface area contributed by atoms with Crippen molar-refractivity contribution in [3.63, 3.8) is 0 Å². The average Bonchev–Trinajstić information content (AvgIpc) is 2.80. The summed E-state index contributed by atoms with van der Waals surface area (Å²) >= 11 is 1.75. The third-order valence-electron chi connectivity index (χ3n) is 2.99. The molecular formula is C12H18N2S. The lowest BCUT2D eigenvalue weighted by Gasteiger charge is -2.22. The first-order valence-corrected chi connectivity index (χ1v) is 6.50. The summed E-state index contributed by atoms with van der Waals surface area (Å²) in [4.78, 5) is 0. The van der Waals surface area contributed by atoms with Crippen LogP contribution in [0.2, 0.25) is 0 Å². The van der Waals surface area contributed by atoms with Crippen LogP contribution >= 0.6 is 11.3 Å². The Bertz CT molecular complexity index is 316. The van der Waals surface area contributed by atoms with Crippen LogP contribution in [0.15, 0.2) is 28.5 Å². The normalized spacial score (nSPS) is 18.6. The predicted octanol–water partition coefficient (Wildman–Crippen LogP) is 2.62. The van der Waals surface area contributed by atoms with Crippen molar-refractivity contribution in [2.45, 2.75) is 38.1 Å². The van der Waals surface area contributed by atoms with Gasteiger partial charge in [0.15, 0.2) is 0 Å². The van der Waals surface area contributed by atoms with E-state index in [4.69, 9.17) is 5.84 Å². The van der Waals surface area contributed by atoms with E-state index in [1.54, 1.807) is 11.3 Å². The number of allylic oxidation sites excluding steroid dienone is 1. The van der Waals surface area contributed by atoms with E-state index in [0.29, 0.717) is 6.04 Å². The van der Waals surface area contributed by atoms with E-state index in [9.17, 15) is 0 Å². The zero-order valence-corrected chi connectivity index (χ0v) is 9.72. The Morgan fingerprint density at radius 2 is 2.40 bits per heavy atom. The molecule has 0 saturated heterocycles. The molecule has 0 aliphatic heterocycles. The van der Waals surface area contributed by atoms with E-state index in [1.807, 2.05) is 0 Å². The van der Waals surface area contributed by atoms with E-state index >= 15 is 0 Å². The van der Waals surface area contributed by atoms with Crippen molar-refractivity contribution in [3.05, 3.63) is 34.0 Å². The average molecular weight is 222 g/mol. The van der Waals surface area contributed by atoms with Crippen LogP contribution < -0.4 is 11.3 Å². The number of hydrogen-bond acceptors (Lipinski definition) is 3. The summed E-state index contributed by atoms with van der Waals surface area (Å²) < 4.78 is 0. The van der Waals surface area contributed by atoms with Crippen LogP contribution in [-0.2, 0) is 6.42 Å². The van der Waals surface area contributed by atoms with Crippen LogP contribution in [0.1, 0.15) is 31.2 Å². The maximum atomic E-state index is 5.63. The zero-order valence-electron chi connectivity index (χ0n) is 8.91. The van der Waals surface area contributed by atoms with E-state index in [1.165, 1.54) is 36.8 Å². The summed E-state index contributed by atoms with van der Waals surface area (Å²) in [5.74, 6) is 5.63. The molecule has 1 atom stereocenters. The van der Waals surface area contributed by atoms with Gasteiger partial charge in [0, 0.05) is 6.04 Å². The van der Waals surface area contributed by atoms with E-state index in [2.05, 4.69) is 28.3 Å². The standard InChI is InChI=1S/C12H18N2S/c13-14-12(8-10-6-7-15-9-10)11-4-2-1-3-5-11/h4,6-7,9,12,14H,1-3,5,8,13H2. The lowest BCUT2D eigenvalue weighted by atomic mass is 9.91. The molecule has 1 heterocycles. The van der Waals surface area contributed by atoms with Gasteiger partial charge in [-0.05, 0) is 54.5 Å². The van der Waals surface area contributed by atoms with Crippen LogP contribution in [0.5, 0.6) is 0 Å². The molecule has 2 nitrogen and oxygen atoms in total. The van der Waals surface area contributed by atoms with Crippen LogP contribution in [0.25, 0.3) is 0 Å². The maximum Gasteiger partial charge on any atom is 0.0460 e. The number of hydrogen-bond donors (Lipinski definition) is 2. The summed E-state index contributed by atoms with van der Waals surface area (Å²) in [5.41, 5.74) is 5.83. The number of nitrogens with one attached hydrogen (secondary N) is 1. The van der Waals surface area contributed by atoms with Crippen molar-refractivity contribution in [2.75, 3.05) is 0 Å². The largest absolute Gasteiger partial charge is 0.271 e. The minimum Gasteiger partial charge on any atom is -0.271 e. The Morgan fingerprint density at radius 1 is 1.47 bits per heavy atom. The molecule has 0 amide bonds. The number of nitrogens with two attached hydrogens (primary N) is 1. The molecule has 0 radical (unpaired) electrons. The van der Waals surface area contributed by atoms with Crippen molar-refractivity contribution >= 4 is 11.3 Å². The van der Waals surface area contributed by atoms with Gasteiger partial charge in [-0.15, -0.1) is 0 Å². The second-order valence-electron chi connectivity index (χ2n) is 4.08. The molecule has 3 heteroatoms. The van der Waals surface area contributed by atoms with Gasteiger partial charge in [0.1, 0.15) is 0 Å². The Kier molecular flexibility index (Phi) is 3.94. The molecule has 2 rings (SSSR count). The first-order chi connectivity index (χ1) is 7.40. The summed E-state index contributed by atoms with van der Waals surface area (Å²) in [6, 6.07) is 2.51. The first-order valence-electron chi connectivity index (χ1n) is 5.56. The minimum absolute atomic E-state index is 0.333. The highest BCUT2D eigenvalue weighted by Gasteiger charge is 2.15. The molecule has 1 aliphatic rings. The summed E-state index contributed by atoms with van der Waals surface area (Å²) in [7, 11) is 0. The molecule has 0 aromatic carbocycles. The molecule has 0 fully saturated rings. The number of thiophene rings is 1. The number of hydrazine groups is 1. The van der Waals surface area contributed by atoms with Crippen molar-refractivity contribution in [1.29, 1.82) is 0 Å². The summed E-state index contributed by atoms with van der Waals surface area (Å²) in [5, 5.41) is 4.33. The smallest absolute Gasteiger partial charge is 0.0460 e. The third-order valence-corrected chi connectivity index (χ3v) is 3.73. The van der Waals surface area contributed by atoms with Gasteiger partial charge in [-0.1, -0.05) is 11.6 Å². The van der Waals surface area contributed by atoms with E-state index in [-0.39, 0.29) is 0 Å². The fourth-order valence-corrected chi connectivity index (χ4v) is 2.80. The molecule has 0 spiro atoms. The Hall–Kier alpha value is -0.640. The fraction of sp³-hybridized carbons (Fsp3) is 0.500. The minimum atomic E-state index is 0.333. The van der Waals surface area contributed by atoms with Crippen molar-refractivity contribution in [3.8, 4) is 0 Å². The van der Waals surface area contributed by atoms with Gasteiger partial charge < -0.3 is 0 Å². The molecule has 1 aliphatic carbocycles. The SMILES string of the molecule is NNC(Cc1ccsc1)C1=CCCCC1. The van der Waals surface area contributed by atoms with Gasteiger partial charge >= 0.3 is 0 Å². The highest BCUT2D eigenvalue weighted by molar-refractivity contribution is 7.07. The lowest BCUT2D eigenvalue weighted by Crippen LogP contribution is -2.38. The van der Waals surface area contributed by atoms with Crippen LogP contribution in [0, 0.1) is 0 Å². The predicted molar refractivity (Wildman–Crippen MR) is 65.7 cm³/mol. The molecule has 0 bridgehead atoms. The Morgan fingerprint density at radius 3 is 3.00 bits per heavy atom. The highest BCUT2D eigenvalue weighted by atomic mass is 32.1. The third kappa shape index (κ3) is 2.91. The molecular weight excluding hydrogens is 204 g/mol. The maximum absolute atomic E-state index is 5.63. The number of rotatable bonds is 4. The fourth-order valence-electron chi connectivity index (χ4n) is 2.12. The van der Waals surface area contributed by atoms with Crippen molar-refractivity contribution in [2.24, 2.45) is 5.84 Å². The Balaban J connectivity index is 2.00. The van der Waals surface area contributed by atoms with Gasteiger partial charge in [0.25, 0.3) is 0 Å². The molecule has 15 heavy (non-hydrogen) atoms. The zero-order chi connectivity index (χ0) is 10.5. The van der Waals surface area contributed by atoms with E-state index in [0.717, 1.165) is 6.42 Å². The molecule has 0 saturated carbocycles.